The Hall–Kier alpha value is -0.870. The minimum absolute atomic E-state index is 0.224. The average Bonchev–Trinajstić information content (AvgIpc) is 2.33. The van der Waals surface area contributed by atoms with Crippen molar-refractivity contribution in [1.29, 1.82) is 0 Å². The zero-order valence-corrected chi connectivity index (χ0v) is 8.56. The van der Waals surface area contributed by atoms with Crippen LogP contribution in [0.15, 0.2) is 12.2 Å². The number of hydrogen-bond acceptors (Lipinski definition) is 3. The SMILES string of the molecule is CN[C@H](C(=O)O)[C@@H]1OCC=CC[C@H]1C. The van der Waals surface area contributed by atoms with Crippen molar-refractivity contribution in [3.63, 3.8) is 0 Å². The lowest BCUT2D eigenvalue weighted by Crippen LogP contribution is -2.48. The first kappa shape index (κ1) is 11.2. The molecule has 0 bridgehead atoms. The van der Waals surface area contributed by atoms with E-state index in [1.165, 1.54) is 0 Å². The van der Waals surface area contributed by atoms with E-state index >= 15 is 0 Å². The Morgan fingerprint density at radius 2 is 2.36 bits per heavy atom. The summed E-state index contributed by atoms with van der Waals surface area (Å²) in [7, 11) is 1.65. The van der Waals surface area contributed by atoms with Gasteiger partial charge in [-0.3, -0.25) is 4.79 Å². The molecule has 2 N–H and O–H groups in total. The molecule has 0 aliphatic carbocycles. The van der Waals surface area contributed by atoms with Gasteiger partial charge in [0, 0.05) is 0 Å². The van der Waals surface area contributed by atoms with Gasteiger partial charge in [-0.05, 0) is 19.4 Å². The molecular formula is C10H17NO3. The summed E-state index contributed by atoms with van der Waals surface area (Å²) < 4.78 is 5.50. The zero-order chi connectivity index (χ0) is 10.6. The van der Waals surface area contributed by atoms with Crippen molar-refractivity contribution < 1.29 is 14.6 Å². The van der Waals surface area contributed by atoms with Crippen LogP contribution < -0.4 is 5.32 Å². The van der Waals surface area contributed by atoms with Gasteiger partial charge in [0.15, 0.2) is 0 Å². The molecule has 1 rings (SSSR count). The molecular weight excluding hydrogens is 182 g/mol. The van der Waals surface area contributed by atoms with Crippen LogP contribution in [0.25, 0.3) is 0 Å². The molecule has 1 aliphatic heterocycles. The maximum atomic E-state index is 10.9. The molecule has 0 radical (unpaired) electrons. The summed E-state index contributed by atoms with van der Waals surface area (Å²) in [6.45, 7) is 2.51. The summed E-state index contributed by atoms with van der Waals surface area (Å²) >= 11 is 0. The van der Waals surface area contributed by atoms with Crippen molar-refractivity contribution in [2.24, 2.45) is 5.92 Å². The van der Waals surface area contributed by atoms with Crippen LogP contribution in [0.3, 0.4) is 0 Å². The number of carboxylic acids is 1. The number of carbonyl (C=O) groups is 1. The first-order valence-corrected chi connectivity index (χ1v) is 4.83. The van der Waals surface area contributed by atoms with Gasteiger partial charge in [-0.1, -0.05) is 19.1 Å². The van der Waals surface area contributed by atoms with Gasteiger partial charge in [0.25, 0.3) is 0 Å². The standard InChI is InChI=1S/C10H17NO3/c1-7-5-3-4-6-14-9(7)8(11-2)10(12)13/h3-4,7-9,11H,5-6H2,1-2H3,(H,12,13)/t7-,8+,9-/m1/s1. The minimum Gasteiger partial charge on any atom is -0.480 e. The fourth-order valence-corrected chi connectivity index (χ4v) is 1.70. The maximum absolute atomic E-state index is 10.9. The van der Waals surface area contributed by atoms with Gasteiger partial charge >= 0.3 is 5.97 Å². The summed E-state index contributed by atoms with van der Waals surface area (Å²) in [5.74, 6) is -0.631. The highest BCUT2D eigenvalue weighted by molar-refractivity contribution is 5.74. The molecule has 0 fully saturated rings. The Labute approximate surface area is 83.9 Å². The van der Waals surface area contributed by atoms with Gasteiger partial charge in [-0.15, -0.1) is 0 Å². The van der Waals surface area contributed by atoms with Crippen LogP contribution in [0.5, 0.6) is 0 Å². The summed E-state index contributed by atoms with van der Waals surface area (Å²) in [5.41, 5.74) is 0. The highest BCUT2D eigenvalue weighted by atomic mass is 16.5. The number of likely N-dealkylation sites (N-methyl/N-ethyl adjacent to an activating group) is 1. The molecule has 0 saturated carbocycles. The van der Waals surface area contributed by atoms with E-state index in [4.69, 9.17) is 9.84 Å². The van der Waals surface area contributed by atoms with E-state index in [2.05, 4.69) is 5.32 Å². The number of rotatable bonds is 3. The van der Waals surface area contributed by atoms with Gasteiger partial charge < -0.3 is 15.2 Å². The van der Waals surface area contributed by atoms with E-state index < -0.39 is 12.0 Å². The molecule has 4 nitrogen and oxygen atoms in total. The topological polar surface area (TPSA) is 58.6 Å². The summed E-state index contributed by atoms with van der Waals surface area (Å²) in [4.78, 5) is 10.9. The van der Waals surface area contributed by atoms with Crippen LogP contribution in [0, 0.1) is 5.92 Å². The molecule has 0 aromatic carbocycles. The van der Waals surface area contributed by atoms with Crippen molar-refractivity contribution in [1.82, 2.24) is 5.32 Å². The predicted octanol–water partition coefficient (Wildman–Crippen LogP) is 0.640. The molecule has 0 spiro atoms. The van der Waals surface area contributed by atoms with Crippen LogP contribution in [0.2, 0.25) is 0 Å². The van der Waals surface area contributed by atoms with E-state index in [-0.39, 0.29) is 12.0 Å². The Bertz CT molecular complexity index is 227. The lowest BCUT2D eigenvalue weighted by atomic mass is 9.95. The van der Waals surface area contributed by atoms with Crippen LogP contribution in [0.4, 0.5) is 0 Å². The number of carboxylic acid groups (broad SMARTS) is 1. The van der Waals surface area contributed by atoms with Crippen LogP contribution in [-0.2, 0) is 9.53 Å². The molecule has 0 aromatic heterocycles. The Morgan fingerprint density at radius 3 is 2.93 bits per heavy atom. The van der Waals surface area contributed by atoms with Gasteiger partial charge in [-0.2, -0.15) is 0 Å². The van der Waals surface area contributed by atoms with Crippen molar-refractivity contribution in [3.05, 3.63) is 12.2 Å². The number of nitrogens with one attached hydrogen (secondary N) is 1. The van der Waals surface area contributed by atoms with Crippen molar-refractivity contribution in [2.45, 2.75) is 25.5 Å². The number of ether oxygens (including phenoxy) is 1. The predicted molar refractivity (Wildman–Crippen MR) is 53.1 cm³/mol. The molecule has 0 unspecified atom stereocenters. The molecule has 80 valence electrons. The first-order valence-electron chi connectivity index (χ1n) is 4.83. The van der Waals surface area contributed by atoms with Crippen molar-refractivity contribution in [3.8, 4) is 0 Å². The minimum atomic E-state index is -0.855. The van der Waals surface area contributed by atoms with E-state index in [0.717, 1.165) is 6.42 Å². The third-order valence-corrected chi connectivity index (χ3v) is 2.53. The fourth-order valence-electron chi connectivity index (χ4n) is 1.70. The van der Waals surface area contributed by atoms with E-state index in [1.54, 1.807) is 7.05 Å². The second kappa shape index (κ2) is 5.12. The number of hydrogen-bond donors (Lipinski definition) is 2. The summed E-state index contributed by atoms with van der Waals surface area (Å²) in [6, 6.07) is -0.620. The Balaban J connectivity index is 2.68. The second-order valence-corrected chi connectivity index (χ2v) is 3.59. The van der Waals surface area contributed by atoms with E-state index in [1.807, 2.05) is 19.1 Å². The molecule has 0 aromatic rings. The molecule has 14 heavy (non-hydrogen) atoms. The Morgan fingerprint density at radius 1 is 1.64 bits per heavy atom. The summed E-state index contributed by atoms with van der Waals surface area (Å²) in [6.07, 6.45) is 4.59. The normalized spacial score (nSPS) is 29.6. The molecule has 0 amide bonds. The number of aliphatic carboxylic acids is 1. The highest BCUT2D eigenvalue weighted by Crippen LogP contribution is 2.19. The molecule has 4 heteroatoms. The highest BCUT2D eigenvalue weighted by Gasteiger charge is 2.31. The maximum Gasteiger partial charge on any atom is 0.323 e. The quantitative estimate of drug-likeness (QED) is 0.655. The van der Waals surface area contributed by atoms with Gasteiger partial charge in [0.2, 0.25) is 0 Å². The van der Waals surface area contributed by atoms with Gasteiger partial charge in [0.1, 0.15) is 6.04 Å². The van der Waals surface area contributed by atoms with Crippen LogP contribution >= 0.6 is 0 Å². The van der Waals surface area contributed by atoms with Gasteiger partial charge in [0.05, 0.1) is 12.7 Å². The monoisotopic (exact) mass is 199 g/mol. The largest absolute Gasteiger partial charge is 0.480 e. The second-order valence-electron chi connectivity index (χ2n) is 3.59. The van der Waals surface area contributed by atoms with Gasteiger partial charge in [-0.25, -0.2) is 0 Å². The first-order chi connectivity index (χ1) is 6.66. The van der Waals surface area contributed by atoms with Crippen molar-refractivity contribution >= 4 is 5.97 Å². The zero-order valence-electron chi connectivity index (χ0n) is 8.56. The number of allylic oxidation sites excluding steroid dienone is 1. The van der Waals surface area contributed by atoms with E-state index in [0.29, 0.717) is 6.61 Å². The molecule has 1 aliphatic rings. The van der Waals surface area contributed by atoms with E-state index in [9.17, 15) is 4.79 Å². The lowest BCUT2D eigenvalue weighted by molar-refractivity contribution is -0.144. The smallest absolute Gasteiger partial charge is 0.323 e. The Kier molecular flexibility index (Phi) is 4.10. The third kappa shape index (κ3) is 2.56. The fraction of sp³-hybridized carbons (Fsp3) is 0.700. The van der Waals surface area contributed by atoms with Crippen molar-refractivity contribution in [2.75, 3.05) is 13.7 Å². The van der Waals surface area contributed by atoms with Crippen LogP contribution in [0.1, 0.15) is 13.3 Å². The molecule has 0 saturated heterocycles. The average molecular weight is 199 g/mol. The molecule has 1 heterocycles. The third-order valence-electron chi connectivity index (χ3n) is 2.53. The molecule has 3 atom stereocenters. The summed E-state index contributed by atoms with van der Waals surface area (Å²) in [5, 5.41) is 11.7. The lowest BCUT2D eigenvalue weighted by Gasteiger charge is -2.27. The van der Waals surface area contributed by atoms with Crippen LogP contribution in [-0.4, -0.2) is 36.9 Å².